The SMILES string of the molecule is O=C(O)CCCCN(CCc1ccccc1OCc1ccc(Oc2ccc(Cl)cc2)cc1)Cc1ccc(C(=O)O)cc1. The molecule has 0 saturated carbocycles. The van der Waals surface area contributed by atoms with Crippen LogP contribution in [0.5, 0.6) is 17.2 Å². The first-order valence-corrected chi connectivity index (χ1v) is 14.2. The summed E-state index contributed by atoms with van der Waals surface area (Å²) >= 11 is 5.94. The summed E-state index contributed by atoms with van der Waals surface area (Å²) in [4.78, 5) is 24.4. The van der Waals surface area contributed by atoms with Gasteiger partial charge in [0.25, 0.3) is 0 Å². The van der Waals surface area contributed by atoms with Crippen molar-refractivity contribution < 1.29 is 29.3 Å². The molecule has 8 heteroatoms. The Hall–Kier alpha value is -4.33. The van der Waals surface area contributed by atoms with Crippen molar-refractivity contribution in [1.29, 1.82) is 0 Å². The van der Waals surface area contributed by atoms with Gasteiger partial charge in [-0.25, -0.2) is 4.79 Å². The van der Waals surface area contributed by atoms with Crippen LogP contribution < -0.4 is 9.47 Å². The van der Waals surface area contributed by atoms with Crippen molar-refractivity contribution in [3.63, 3.8) is 0 Å². The Morgan fingerprint density at radius 2 is 1.38 bits per heavy atom. The lowest BCUT2D eigenvalue weighted by atomic mass is 10.1. The van der Waals surface area contributed by atoms with Gasteiger partial charge in [0.15, 0.2) is 0 Å². The maximum Gasteiger partial charge on any atom is 0.335 e. The first kappa shape index (κ1) is 30.6. The van der Waals surface area contributed by atoms with Gasteiger partial charge < -0.3 is 19.7 Å². The molecule has 0 unspecified atom stereocenters. The third-order valence-electron chi connectivity index (χ3n) is 6.76. The second-order valence-electron chi connectivity index (χ2n) is 9.98. The molecule has 0 heterocycles. The van der Waals surface area contributed by atoms with Crippen molar-refractivity contribution >= 4 is 23.5 Å². The van der Waals surface area contributed by atoms with Crippen LogP contribution in [0.15, 0.2) is 97.1 Å². The van der Waals surface area contributed by atoms with Gasteiger partial charge in [-0.15, -0.1) is 0 Å². The van der Waals surface area contributed by atoms with Gasteiger partial charge in [0, 0.05) is 24.5 Å². The number of hydrogen-bond donors (Lipinski definition) is 2. The molecule has 0 fully saturated rings. The number of halogens is 1. The van der Waals surface area contributed by atoms with Crippen molar-refractivity contribution in [2.45, 2.75) is 38.8 Å². The number of aromatic carboxylic acids is 1. The summed E-state index contributed by atoms with van der Waals surface area (Å²) in [5.74, 6) is 0.509. The fourth-order valence-corrected chi connectivity index (χ4v) is 4.60. The number of para-hydroxylation sites is 1. The summed E-state index contributed by atoms with van der Waals surface area (Å²) in [6, 6.07) is 29.8. The molecular weight excluding hydrogens is 554 g/mol. The van der Waals surface area contributed by atoms with E-state index in [0.29, 0.717) is 30.3 Å². The van der Waals surface area contributed by atoms with Gasteiger partial charge in [0.1, 0.15) is 23.9 Å². The molecule has 0 spiro atoms. The number of ether oxygens (including phenoxy) is 2. The summed E-state index contributed by atoms with van der Waals surface area (Å²) in [7, 11) is 0. The van der Waals surface area contributed by atoms with Gasteiger partial charge >= 0.3 is 11.9 Å². The molecule has 0 saturated heterocycles. The minimum absolute atomic E-state index is 0.145. The lowest BCUT2D eigenvalue weighted by Crippen LogP contribution is -2.27. The Labute approximate surface area is 250 Å². The molecular formula is C34H34ClNO6. The third-order valence-corrected chi connectivity index (χ3v) is 7.01. The number of carboxylic acids is 2. The highest BCUT2D eigenvalue weighted by Crippen LogP contribution is 2.25. The molecule has 0 aromatic heterocycles. The summed E-state index contributed by atoms with van der Waals surface area (Å²) < 4.78 is 12.1. The third kappa shape index (κ3) is 9.94. The van der Waals surface area contributed by atoms with Crippen LogP contribution in [0.1, 0.15) is 46.3 Å². The zero-order valence-corrected chi connectivity index (χ0v) is 24.0. The number of rotatable bonds is 16. The van der Waals surface area contributed by atoms with E-state index in [-0.39, 0.29) is 12.0 Å². The summed E-state index contributed by atoms with van der Waals surface area (Å²) in [5, 5.41) is 18.8. The average molecular weight is 588 g/mol. The van der Waals surface area contributed by atoms with E-state index in [1.54, 1.807) is 24.3 Å². The van der Waals surface area contributed by atoms with E-state index < -0.39 is 11.9 Å². The molecule has 0 aliphatic rings. The van der Waals surface area contributed by atoms with Crippen LogP contribution in [0.25, 0.3) is 0 Å². The molecule has 4 rings (SSSR count). The van der Waals surface area contributed by atoms with Crippen LogP contribution in [-0.4, -0.2) is 40.1 Å². The molecule has 2 N–H and O–H groups in total. The van der Waals surface area contributed by atoms with Crippen molar-refractivity contribution in [2.24, 2.45) is 0 Å². The van der Waals surface area contributed by atoms with Gasteiger partial charge in [-0.05, 0) is 97.1 Å². The zero-order valence-electron chi connectivity index (χ0n) is 23.2. The van der Waals surface area contributed by atoms with Crippen molar-refractivity contribution in [3.8, 4) is 17.2 Å². The monoisotopic (exact) mass is 587 g/mol. The van der Waals surface area contributed by atoms with E-state index in [2.05, 4.69) is 11.0 Å². The van der Waals surface area contributed by atoms with Gasteiger partial charge in [-0.2, -0.15) is 0 Å². The van der Waals surface area contributed by atoms with E-state index >= 15 is 0 Å². The van der Waals surface area contributed by atoms with Crippen LogP contribution in [0.2, 0.25) is 5.02 Å². The van der Waals surface area contributed by atoms with Gasteiger partial charge in [-0.1, -0.05) is 54.1 Å². The van der Waals surface area contributed by atoms with E-state index in [0.717, 1.165) is 54.1 Å². The molecule has 218 valence electrons. The Morgan fingerprint density at radius 3 is 2.05 bits per heavy atom. The highest BCUT2D eigenvalue weighted by Gasteiger charge is 2.11. The summed E-state index contributed by atoms with van der Waals surface area (Å²) in [6.07, 6.45) is 2.25. The molecule has 42 heavy (non-hydrogen) atoms. The molecule has 4 aromatic rings. The minimum Gasteiger partial charge on any atom is -0.489 e. The molecule has 0 aliphatic carbocycles. The number of hydrogen-bond acceptors (Lipinski definition) is 5. The van der Waals surface area contributed by atoms with Crippen LogP contribution in [0.3, 0.4) is 0 Å². The van der Waals surface area contributed by atoms with Crippen molar-refractivity contribution in [1.82, 2.24) is 4.90 Å². The lowest BCUT2D eigenvalue weighted by Gasteiger charge is -2.23. The van der Waals surface area contributed by atoms with Crippen molar-refractivity contribution in [2.75, 3.05) is 13.1 Å². The van der Waals surface area contributed by atoms with Gasteiger partial charge in [-0.3, -0.25) is 9.69 Å². The van der Waals surface area contributed by atoms with Gasteiger partial charge in [0.05, 0.1) is 5.56 Å². The molecule has 0 amide bonds. The first-order chi connectivity index (χ1) is 20.4. The molecule has 0 atom stereocenters. The van der Waals surface area contributed by atoms with E-state index in [9.17, 15) is 14.7 Å². The normalized spacial score (nSPS) is 10.9. The lowest BCUT2D eigenvalue weighted by molar-refractivity contribution is -0.137. The Kier molecular flexibility index (Phi) is 11.4. The molecule has 0 aliphatic heterocycles. The Bertz CT molecular complexity index is 1440. The molecule has 0 radical (unpaired) electrons. The van der Waals surface area contributed by atoms with Crippen LogP contribution in [0.4, 0.5) is 0 Å². The predicted octanol–water partition coefficient (Wildman–Crippen LogP) is 7.71. The van der Waals surface area contributed by atoms with Gasteiger partial charge in [0.2, 0.25) is 0 Å². The average Bonchev–Trinajstić information content (AvgIpc) is 2.99. The fourth-order valence-electron chi connectivity index (χ4n) is 4.48. The standard InChI is InChI=1S/C34H34ClNO6/c35-29-14-18-31(19-15-29)42-30-16-10-26(11-17-30)24-41-32-6-2-1-5-27(32)20-22-36(21-4-3-7-33(37)38)23-25-8-12-28(13-9-25)34(39)40/h1-2,5-6,8-19H,3-4,7,20-24H2,(H,37,38)(H,39,40). The highest BCUT2D eigenvalue weighted by molar-refractivity contribution is 6.30. The van der Waals surface area contributed by atoms with Crippen LogP contribution in [-0.2, 0) is 24.4 Å². The number of nitrogens with zero attached hydrogens (tertiary/aromatic N) is 1. The summed E-state index contributed by atoms with van der Waals surface area (Å²) in [5.41, 5.74) is 3.35. The van der Waals surface area contributed by atoms with Crippen molar-refractivity contribution in [3.05, 3.63) is 124 Å². The number of unbranched alkanes of at least 4 members (excludes halogenated alkanes) is 1. The second-order valence-corrected chi connectivity index (χ2v) is 10.4. The predicted molar refractivity (Wildman–Crippen MR) is 163 cm³/mol. The fraction of sp³-hybridized carbons (Fsp3) is 0.235. The summed E-state index contributed by atoms with van der Waals surface area (Å²) in [6.45, 7) is 2.53. The Balaban J connectivity index is 1.35. The first-order valence-electron chi connectivity index (χ1n) is 13.8. The van der Waals surface area contributed by atoms with Crippen LogP contribution in [0, 0.1) is 0 Å². The maximum atomic E-state index is 11.2. The largest absolute Gasteiger partial charge is 0.489 e. The van der Waals surface area contributed by atoms with E-state index in [1.165, 1.54) is 0 Å². The number of benzene rings is 4. The van der Waals surface area contributed by atoms with Crippen LogP contribution >= 0.6 is 11.6 Å². The van der Waals surface area contributed by atoms with E-state index in [1.807, 2.05) is 66.7 Å². The number of carboxylic acid groups (broad SMARTS) is 2. The molecule has 4 aromatic carbocycles. The number of carbonyl (C=O) groups is 2. The minimum atomic E-state index is -0.953. The maximum absolute atomic E-state index is 11.2. The topological polar surface area (TPSA) is 96.3 Å². The smallest absolute Gasteiger partial charge is 0.335 e. The molecule has 7 nitrogen and oxygen atoms in total. The van der Waals surface area contributed by atoms with E-state index in [4.69, 9.17) is 26.2 Å². The second kappa shape index (κ2) is 15.6. The quantitative estimate of drug-likeness (QED) is 0.130. The highest BCUT2D eigenvalue weighted by atomic mass is 35.5. The Morgan fingerprint density at radius 1 is 0.738 bits per heavy atom. The number of aliphatic carboxylic acids is 1. The molecule has 0 bridgehead atoms. The zero-order chi connectivity index (χ0) is 29.7.